The fourth-order valence-corrected chi connectivity index (χ4v) is 4.30. The highest BCUT2D eigenvalue weighted by molar-refractivity contribution is 5.96. The Kier molecular flexibility index (Phi) is 6.33. The van der Waals surface area contributed by atoms with Crippen LogP contribution >= 0.6 is 0 Å². The van der Waals surface area contributed by atoms with Crippen LogP contribution in [0.1, 0.15) is 23.2 Å². The molecule has 30 heavy (non-hydrogen) atoms. The number of carbonyl (C=O) groups is 2. The summed E-state index contributed by atoms with van der Waals surface area (Å²) in [5, 5.41) is 3.21. The lowest BCUT2D eigenvalue weighted by Gasteiger charge is -2.35. The van der Waals surface area contributed by atoms with Crippen LogP contribution in [0.15, 0.2) is 48.5 Å². The monoisotopic (exact) mass is 406 g/mol. The van der Waals surface area contributed by atoms with Crippen molar-refractivity contribution in [3.8, 4) is 0 Å². The van der Waals surface area contributed by atoms with Gasteiger partial charge in [0.2, 0.25) is 5.91 Å². The Balaban J connectivity index is 1.35. The number of piperidine rings is 1. The topological polar surface area (TPSA) is 55.9 Å². The predicted molar refractivity (Wildman–Crippen MR) is 122 cm³/mol. The minimum absolute atomic E-state index is 0.0241. The summed E-state index contributed by atoms with van der Waals surface area (Å²) in [4.78, 5) is 30.8. The van der Waals surface area contributed by atoms with E-state index in [1.807, 2.05) is 42.5 Å². The Morgan fingerprint density at radius 2 is 1.57 bits per heavy atom. The number of nitrogens with zero attached hydrogens (tertiary/aromatic N) is 3. The van der Waals surface area contributed by atoms with Gasteiger partial charge in [0.15, 0.2) is 0 Å². The van der Waals surface area contributed by atoms with Gasteiger partial charge in [-0.2, -0.15) is 0 Å². The predicted octanol–water partition coefficient (Wildman–Crippen LogP) is 3.11. The first-order chi connectivity index (χ1) is 14.6. The molecule has 6 heteroatoms. The normalized spacial score (nSPS) is 18.3. The van der Waals surface area contributed by atoms with Crippen LogP contribution < -0.4 is 15.1 Å². The van der Waals surface area contributed by atoms with Crippen LogP contribution in [0.2, 0.25) is 0 Å². The van der Waals surface area contributed by atoms with Crippen molar-refractivity contribution in [3.05, 3.63) is 54.1 Å². The molecule has 4 rings (SSSR count). The molecule has 0 unspecified atom stereocenters. The van der Waals surface area contributed by atoms with Gasteiger partial charge in [0.25, 0.3) is 0 Å². The highest BCUT2D eigenvalue weighted by Crippen LogP contribution is 2.29. The zero-order chi connectivity index (χ0) is 20.9. The van der Waals surface area contributed by atoms with Gasteiger partial charge in [-0.15, -0.1) is 0 Å². The van der Waals surface area contributed by atoms with E-state index >= 15 is 0 Å². The van der Waals surface area contributed by atoms with Crippen LogP contribution in [0.3, 0.4) is 0 Å². The lowest BCUT2D eigenvalue weighted by atomic mass is 9.95. The fraction of sp³-hybridized carbons (Fsp3) is 0.417. The molecule has 2 saturated heterocycles. The number of hydrogen-bond acceptors (Lipinski definition) is 5. The van der Waals surface area contributed by atoms with Gasteiger partial charge < -0.3 is 20.0 Å². The molecule has 0 spiro atoms. The number of anilines is 3. The van der Waals surface area contributed by atoms with E-state index in [2.05, 4.69) is 33.1 Å². The molecule has 158 valence electrons. The zero-order valence-corrected chi connectivity index (χ0v) is 17.6. The minimum atomic E-state index is 0.0241. The summed E-state index contributed by atoms with van der Waals surface area (Å²) in [5.41, 5.74) is 3.83. The van der Waals surface area contributed by atoms with Crippen molar-refractivity contribution in [3.63, 3.8) is 0 Å². The summed E-state index contributed by atoms with van der Waals surface area (Å²) in [7, 11) is 2.15. The molecular weight excluding hydrogens is 376 g/mol. The molecule has 2 aromatic carbocycles. The third kappa shape index (κ3) is 4.65. The Morgan fingerprint density at radius 1 is 0.900 bits per heavy atom. The van der Waals surface area contributed by atoms with E-state index in [1.54, 1.807) is 0 Å². The summed E-state index contributed by atoms with van der Waals surface area (Å²) in [6.07, 6.45) is 2.52. The number of nitrogens with one attached hydrogen (secondary N) is 1. The Hall–Kier alpha value is -2.86. The Labute approximate surface area is 178 Å². The average molecular weight is 407 g/mol. The van der Waals surface area contributed by atoms with Gasteiger partial charge in [-0.05, 0) is 56.3 Å². The summed E-state index contributed by atoms with van der Waals surface area (Å²) < 4.78 is 0. The highest BCUT2D eigenvalue weighted by atomic mass is 16.2. The van der Waals surface area contributed by atoms with Crippen molar-refractivity contribution in [1.29, 1.82) is 0 Å². The second-order valence-electron chi connectivity index (χ2n) is 8.27. The summed E-state index contributed by atoms with van der Waals surface area (Å²) in [6.45, 7) is 5.72. The van der Waals surface area contributed by atoms with Crippen LogP contribution in [-0.2, 0) is 4.79 Å². The molecule has 0 aliphatic carbocycles. The highest BCUT2D eigenvalue weighted by Gasteiger charge is 2.26. The first-order valence-electron chi connectivity index (χ1n) is 10.8. The Morgan fingerprint density at radius 3 is 2.23 bits per heavy atom. The largest absolute Gasteiger partial charge is 0.371 e. The first-order valence-corrected chi connectivity index (χ1v) is 10.8. The van der Waals surface area contributed by atoms with Gasteiger partial charge in [0.1, 0.15) is 6.29 Å². The molecule has 2 aliphatic heterocycles. The molecular formula is C24H30N4O2. The summed E-state index contributed by atoms with van der Waals surface area (Å²) >= 11 is 0. The van der Waals surface area contributed by atoms with E-state index in [0.717, 1.165) is 75.5 Å². The molecule has 2 aliphatic rings. The van der Waals surface area contributed by atoms with Gasteiger partial charge in [-0.1, -0.05) is 12.1 Å². The van der Waals surface area contributed by atoms with Crippen LogP contribution in [0.25, 0.3) is 0 Å². The third-order valence-electron chi connectivity index (χ3n) is 6.27. The molecule has 0 radical (unpaired) electrons. The third-order valence-corrected chi connectivity index (χ3v) is 6.27. The van der Waals surface area contributed by atoms with E-state index in [1.165, 1.54) is 0 Å². The minimum Gasteiger partial charge on any atom is -0.371 e. The maximum Gasteiger partial charge on any atom is 0.227 e. The maximum atomic E-state index is 13.0. The SMILES string of the molecule is CN1CCN(c2ccccc2NC(=O)C2CCN(c3ccc(C=O)cc3)CC2)CC1. The lowest BCUT2D eigenvalue weighted by molar-refractivity contribution is -0.120. The zero-order valence-electron chi connectivity index (χ0n) is 17.6. The van der Waals surface area contributed by atoms with Gasteiger partial charge in [0.05, 0.1) is 11.4 Å². The molecule has 0 aromatic heterocycles. The van der Waals surface area contributed by atoms with Crippen molar-refractivity contribution in [1.82, 2.24) is 4.90 Å². The average Bonchev–Trinajstić information content (AvgIpc) is 2.80. The van der Waals surface area contributed by atoms with E-state index in [-0.39, 0.29) is 11.8 Å². The number of carbonyl (C=O) groups excluding carboxylic acids is 2. The summed E-state index contributed by atoms with van der Waals surface area (Å²) in [5.74, 6) is 0.142. The number of hydrogen-bond donors (Lipinski definition) is 1. The van der Waals surface area contributed by atoms with Gasteiger partial charge in [-0.3, -0.25) is 9.59 Å². The van der Waals surface area contributed by atoms with Crippen LogP contribution in [0.5, 0.6) is 0 Å². The van der Waals surface area contributed by atoms with Crippen LogP contribution in [0.4, 0.5) is 17.1 Å². The lowest BCUT2D eigenvalue weighted by Crippen LogP contribution is -2.45. The number of aldehydes is 1. The smallest absolute Gasteiger partial charge is 0.227 e. The van der Waals surface area contributed by atoms with Crippen molar-refractivity contribution in [2.45, 2.75) is 12.8 Å². The van der Waals surface area contributed by atoms with Crippen molar-refractivity contribution in [2.24, 2.45) is 5.92 Å². The molecule has 2 fully saturated rings. The number of benzene rings is 2. The molecule has 0 saturated carbocycles. The quantitative estimate of drug-likeness (QED) is 0.774. The van der Waals surface area contributed by atoms with E-state index in [4.69, 9.17) is 0 Å². The number of rotatable bonds is 5. The van der Waals surface area contributed by atoms with E-state index in [0.29, 0.717) is 5.56 Å². The summed E-state index contributed by atoms with van der Waals surface area (Å²) in [6, 6.07) is 15.8. The number of para-hydroxylation sites is 2. The van der Waals surface area contributed by atoms with Crippen LogP contribution in [-0.4, -0.2) is 63.4 Å². The second-order valence-corrected chi connectivity index (χ2v) is 8.27. The van der Waals surface area contributed by atoms with E-state index < -0.39 is 0 Å². The van der Waals surface area contributed by atoms with Gasteiger partial charge in [0, 0.05) is 56.4 Å². The molecule has 1 N–H and O–H groups in total. The van der Waals surface area contributed by atoms with Crippen LogP contribution in [0, 0.1) is 5.92 Å². The molecule has 1 amide bonds. The maximum absolute atomic E-state index is 13.0. The van der Waals surface area contributed by atoms with Gasteiger partial charge in [-0.25, -0.2) is 0 Å². The van der Waals surface area contributed by atoms with Crippen molar-refractivity contribution < 1.29 is 9.59 Å². The van der Waals surface area contributed by atoms with E-state index in [9.17, 15) is 9.59 Å². The molecule has 6 nitrogen and oxygen atoms in total. The van der Waals surface area contributed by atoms with Gasteiger partial charge >= 0.3 is 0 Å². The molecule has 0 atom stereocenters. The van der Waals surface area contributed by atoms with Crippen molar-refractivity contribution >= 4 is 29.3 Å². The fourth-order valence-electron chi connectivity index (χ4n) is 4.30. The van der Waals surface area contributed by atoms with Crippen molar-refractivity contribution in [2.75, 3.05) is 61.4 Å². The first kappa shape index (κ1) is 20.4. The standard InChI is InChI=1S/C24H30N4O2/c1-26-14-16-28(17-15-26)23-5-3-2-4-22(23)25-24(30)20-10-12-27(13-11-20)21-8-6-19(18-29)7-9-21/h2-9,18,20H,10-17H2,1H3,(H,25,30). The number of piperazine rings is 1. The second kappa shape index (κ2) is 9.30. The molecule has 2 aromatic rings. The molecule has 2 heterocycles. The number of amides is 1. The Bertz CT molecular complexity index is 867. The number of likely N-dealkylation sites (N-methyl/N-ethyl adjacent to an activating group) is 1. The molecule has 0 bridgehead atoms.